The first kappa shape index (κ1) is 14.4. The molecule has 108 valence electrons. The average molecular weight is 267 g/mol. The van der Waals surface area contributed by atoms with Crippen molar-refractivity contribution >= 4 is 11.9 Å². The molecule has 1 aliphatic carbocycles. The Labute approximate surface area is 115 Å². The zero-order valence-corrected chi connectivity index (χ0v) is 12.2. The van der Waals surface area contributed by atoms with E-state index in [2.05, 4.69) is 0 Å². The zero-order chi connectivity index (χ0) is 14.3. The maximum atomic E-state index is 12.7. The van der Waals surface area contributed by atoms with Crippen molar-refractivity contribution in [2.24, 2.45) is 16.7 Å². The van der Waals surface area contributed by atoms with Gasteiger partial charge in [-0.15, -0.1) is 0 Å². The third-order valence-corrected chi connectivity index (χ3v) is 5.66. The lowest BCUT2D eigenvalue weighted by atomic mass is 9.65. The highest BCUT2D eigenvalue weighted by molar-refractivity contribution is 5.84. The number of carbonyl (C=O) groups excluding carboxylic acids is 1. The van der Waals surface area contributed by atoms with E-state index < -0.39 is 16.8 Å². The Morgan fingerprint density at radius 1 is 1.11 bits per heavy atom. The third-order valence-electron chi connectivity index (χ3n) is 5.66. The number of hydrogen-bond acceptors (Lipinski definition) is 2. The standard InChI is InChI=1S/C15H25NO3/c1-14(2)11(7-8-15(14,3)13(18)19)12(17)16-9-5-4-6-10-16/h11H,4-10H2,1-3H3,(H,18,19)/t11-,15+/m0/s1. The van der Waals surface area contributed by atoms with Crippen molar-refractivity contribution in [2.45, 2.75) is 52.9 Å². The quantitative estimate of drug-likeness (QED) is 0.836. The molecule has 1 N–H and O–H groups in total. The zero-order valence-electron chi connectivity index (χ0n) is 12.2. The van der Waals surface area contributed by atoms with E-state index in [1.165, 1.54) is 6.42 Å². The Bertz CT molecular complexity index is 385. The molecule has 1 saturated carbocycles. The number of hydrogen-bond donors (Lipinski definition) is 1. The van der Waals surface area contributed by atoms with Crippen molar-refractivity contribution in [1.29, 1.82) is 0 Å². The maximum absolute atomic E-state index is 12.7. The summed E-state index contributed by atoms with van der Waals surface area (Å²) in [4.78, 5) is 26.2. The minimum absolute atomic E-state index is 0.147. The van der Waals surface area contributed by atoms with Gasteiger partial charge < -0.3 is 10.0 Å². The fourth-order valence-corrected chi connectivity index (χ4v) is 3.65. The van der Waals surface area contributed by atoms with Crippen LogP contribution in [0.1, 0.15) is 52.9 Å². The minimum Gasteiger partial charge on any atom is -0.481 e. The van der Waals surface area contributed by atoms with Crippen molar-refractivity contribution in [3.63, 3.8) is 0 Å². The van der Waals surface area contributed by atoms with Crippen molar-refractivity contribution in [3.05, 3.63) is 0 Å². The smallest absolute Gasteiger partial charge is 0.309 e. The molecule has 2 aliphatic rings. The van der Waals surface area contributed by atoms with Crippen LogP contribution in [0.4, 0.5) is 0 Å². The second kappa shape index (κ2) is 4.80. The van der Waals surface area contributed by atoms with Gasteiger partial charge in [-0.05, 0) is 44.4 Å². The fourth-order valence-electron chi connectivity index (χ4n) is 3.65. The van der Waals surface area contributed by atoms with Gasteiger partial charge in [-0.3, -0.25) is 9.59 Å². The van der Waals surface area contributed by atoms with Crippen LogP contribution in [-0.4, -0.2) is 35.0 Å². The van der Waals surface area contributed by atoms with Crippen LogP contribution in [0.3, 0.4) is 0 Å². The van der Waals surface area contributed by atoms with Crippen molar-refractivity contribution in [1.82, 2.24) is 4.90 Å². The van der Waals surface area contributed by atoms with Gasteiger partial charge in [0.05, 0.1) is 5.41 Å². The molecule has 0 radical (unpaired) electrons. The summed E-state index contributed by atoms with van der Waals surface area (Å²) in [5.41, 5.74) is -1.27. The van der Waals surface area contributed by atoms with E-state index in [9.17, 15) is 14.7 Å². The number of nitrogens with zero attached hydrogens (tertiary/aromatic N) is 1. The SMILES string of the molecule is CC1(C)[C@H](C(=O)N2CCCCC2)CC[C@]1(C)C(=O)O. The number of rotatable bonds is 2. The number of piperidine rings is 1. The van der Waals surface area contributed by atoms with E-state index in [0.29, 0.717) is 12.8 Å². The Hall–Kier alpha value is -1.06. The number of carbonyl (C=O) groups is 2. The Morgan fingerprint density at radius 2 is 1.68 bits per heavy atom. The molecule has 0 spiro atoms. The molecule has 0 aromatic carbocycles. The molecule has 1 aliphatic heterocycles. The predicted octanol–water partition coefficient (Wildman–Crippen LogP) is 2.53. The van der Waals surface area contributed by atoms with E-state index in [0.717, 1.165) is 25.9 Å². The van der Waals surface area contributed by atoms with E-state index >= 15 is 0 Å². The summed E-state index contributed by atoms with van der Waals surface area (Å²) in [6, 6.07) is 0. The number of carboxylic acid groups (broad SMARTS) is 1. The first-order valence-electron chi connectivity index (χ1n) is 7.33. The number of aliphatic carboxylic acids is 1. The summed E-state index contributed by atoms with van der Waals surface area (Å²) in [6.45, 7) is 7.37. The number of likely N-dealkylation sites (tertiary alicyclic amines) is 1. The highest BCUT2D eigenvalue weighted by Gasteiger charge is 2.58. The summed E-state index contributed by atoms with van der Waals surface area (Å²) in [5, 5.41) is 9.49. The summed E-state index contributed by atoms with van der Waals surface area (Å²) in [6.07, 6.45) is 4.65. The van der Waals surface area contributed by atoms with E-state index in [1.54, 1.807) is 6.92 Å². The highest BCUT2D eigenvalue weighted by Crippen LogP contribution is 2.56. The minimum atomic E-state index is -0.789. The van der Waals surface area contributed by atoms with Crippen molar-refractivity contribution in [3.8, 4) is 0 Å². The van der Waals surface area contributed by atoms with Gasteiger partial charge in [0, 0.05) is 19.0 Å². The third kappa shape index (κ3) is 2.15. The van der Waals surface area contributed by atoms with Crippen LogP contribution < -0.4 is 0 Å². The predicted molar refractivity (Wildman–Crippen MR) is 72.7 cm³/mol. The topological polar surface area (TPSA) is 57.6 Å². The van der Waals surface area contributed by atoms with Gasteiger partial charge in [-0.1, -0.05) is 13.8 Å². The van der Waals surface area contributed by atoms with E-state index in [1.807, 2.05) is 18.7 Å². The molecule has 2 fully saturated rings. The van der Waals surface area contributed by atoms with Crippen LogP contribution in [-0.2, 0) is 9.59 Å². The molecule has 0 unspecified atom stereocenters. The van der Waals surface area contributed by atoms with Gasteiger partial charge in [-0.25, -0.2) is 0 Å². The average Bonchev–Trinajstić information content (AvgIpc) is 2.62. The van der Waals surface area contributed by atoms with Gasteiger partial charge in [-0.2, -0.15) is 0 Å². The van der Waals surface area contributed by atoms with Crippen LogP contribution in [0.5, 0.6) is 0 Å². The van der Waals surface area contributed by atoms with Crippen LogP contribution in [0.25, 0.3) is 0 Å². The monoisotopic (exact) mass is 267 g/mol. The second-order valence-corrected chi connectivity index (χ2v) is 6.84. The normalized spacial score (nSPS) is 34.3. The maximum Gasteiger partial charge on any atom is 0.309 e. The number of carboxylic acids is 1. The molecule has 1 heterocycles. The van der Waals surface area contributed by atoms with E-state index in [-0.39, 0.29) is 11.8 Å². The molecule has 4 nitrogen and oxygen atoms in total. The molecule has 4 heteroatoms. The lowest BCUT2D eigenvalue weighted by molar-refractivity contribution is -0.156. The summed E-state index contributed by atoms with van der Waals surface area (Å²) >= 11 is 0. The van der Waals surface area contributed by atoms with Gasteiger partial charge in [0.1, 0.15) is 0 Å². The molecule has 0 aromatic rings. The van der Waals surface area contributed by atoms with E-state index in [4.69, 9.17) is 0 Å². The molecule has 2 atom stereocenters. The molecule has 0 aromatic heterocycles. The molecular weight excluding hydrogens is 242 g/mol. The summed E-state index contributed by atoms with van der Waals surface area (Å²) in [7, 11) is 0. The Morgan fingerprint density at radius 3 is 2.16 bits per heavy atom. The molecule has 0 bridgehead atoms. The van der Waals surface area contributed by atoms with Gasteiger partial charge in [0.25, 0.3) is 0 Å². The van der Waals surface area contributed by atoms with Crippen LogP contribution >= 0.6 is 0 Å². The summed E-state index contributed by atoms with van der Waals surface area (Å²) < 4.78 is 0. The largest absolute Gasteiger partial charge is 0.481 e. The molecule has 2 rings (SSSR count). The first-order chi connectivity index (χ1) is 8.80. The highest BCUT2D eigenvalue weighted by atomic mass is 16.4. The fraction of sp³-hybridized carbons (Fsp3) is 0.867. The molecule has 19 heavy (non-hydrogen) atoms. The second-order valence-electron chi connectivity index (χ2n) is 6.84. The van der Waals surface area contributed by atoms with Crippen LogP contribution in [0, 0.1) is 16.7 Å². The first-order valence-corrected chi connectivity index (χ1v) is 7.33. The number of amides is 1. The van der Waals surface area contributed by atoms with Gasteiger partial charge >= 0.3 is 5.97 Å². The Balaban J connectivity index is 2.17. The Kier molecular flexibility index (Phi) is 3.63. The van der Waals surface area contributed by atoms with Crippen molar-refractivity contribution < 1.29 is 14.7 Å². The lowest BCUT2D eigenvalue weighted by Gasteiger charge is -2.40. The van der Waals surface area contributed by atoms with Crippen molar-refractivity contribution in [2.75, 3.05) is 13.1 Å². The lowest BCUT2D eigenvalue weighted by Crippen LogP contribution is -2.47. The summed E-state index contributed by atoms with van der Waals surface area (Å²) in [5.74, 6) is -0.743. The van der Waals surface area contributed by atoms with Gasteiger partial charge in [0.2, 0.25) is 5.91 Å². The van der Waals surface area contributed by atoms with Crippen LogP contribution in [0.2, 0.25) is 0 Å². The molecular formula is C15H25NO3. The molecule has 1 amide bonds. The van der Waals surface area contributed by atoms with Gasteiger partial charge in [0.15, 0.2) is 0 Å². The molecule has 1 saturated heterocycles. The van der Waals surface area contributed by atoms with Crippen LogP contribution in [0.15, 0.2) is 0 Å².